The number of benzene rings is 1. The number of nitrogens with one attached hydrogen (secondary N) is 1. The molecule has 1 aromatic carbocycles. The Balaban J connectivity index is 1.48. The minimum absolute atomic E-state index is 0.00988. The van der Waals surface area contributed by atoms with Crippen molar-refractivity contribution in [2.24, 2.45) is 5.73 Å². The van der Waals surface area contributed by atoms with Crippen LogP contribution in [-0.4, -0.2) is 55.1 Å². The smallest absolute Gasteiger partial charge is 0.284 e. The van der Waals surface area contributed by atoms with Crippen molar-refractivity contribution in [1.29, 1.82) is 0 Å². The normalized spacial score (nSPS) is 22.8. The van der Waals surface area contributed by atoms with E-state index in [9.17, 15) is 9.59 Å². The van der Waals surface area contributed by atoms with Crippen molar-refractivity contribution in [3.63, 3.8) is 0 Å². The topological polar surface area (TPSA) is 97.8 Å². The lowest BCUT2D eigenvalue weighted by molar-refractivity contribution is 0.0915. The largest absolute Gasteiger partial charge is 0.451 e. The van der Waals surface area contributed by atoms with Crippen molar-refractivity contribution < 1.29 is 18.7 Å². The van der Waals surface area contributed by atoms with Crippen LogP contribution >= 0.6 is 0 Å². The van der Waals surface area contributed by atoms with Gasteiger partial charge in [0.05, 0.1) is 25.3 Å². The number of nitrogens with zero attached hydrogens (tertiary/aromatic N) is 1. The van der Waals surface area contributed by atoms with Gasteiger partial charge in [-0.25, -0.2) is 0 Å². The average molecular weight is 369 g/mol. The molecular weight excluding hydrogens is 346 g/mol. The summed E-state index contributed by atoms with van der Waals surface area (Å²) in [6.45, 7) is 3.33. The van der Waals surface area contributed by atoms with Crippen molar-refractivity contribution in [3.8, 4) is 11.3 Å². The molecule has 2 atom stereocenters. The van der Waals surface area contributed by atoms with Crippen LogP contribution in [0, 0.1) is 0 Å². The van der Waals surface area contributed by atoms with Crippen LogP contribution in [0.1, 0.15) is 33.8 Å². The minimum Gasteiger partial charge on any atom is -0.451 e. The first-order chi connectivity index (χ1) is 13.1. The summed E-state index contributed by atoms with van der Waals surface area (Å²) >= 11 is 0. The van der Waals surface area contributed by atoms with E-state index in [2.05, 4.69) is 10.2 Å². The summed E-state index contributed by atoms with van der Waals surface area (Å²) in [6.07, 6.45) is 2.41. The highest BCUT2D eigenvalue weighted by Gasteiger charge is 2.35. The quantitative estimate of drug-likeness (QED) is 0.835. The number of carbonyl (C=O) groups excluding carboxylic acids is 2. The monoisotopic (exact) mass is 369 g/mol. The van der Waals surface area contributed by atoms with Crippen molar-refractivity contribution in [2.75, 3.05) is 26.3 Å². The number of ether oxygens (including phenoxy) is 1. The van der Waals surface area contributed by atoms with Gasteiger partial charge < -0.3 is 20.2 Å². The summed E-state index contributed by atoms with van der Waals surface area (Å²) < 4.78 is 11.1. The van der Waals surface area contributed by atoms with Gasteiger partial charge in [-0.15, -0.1) is 0 Å². The van der Waals surface area contributed by atoms with Crippen LogP contribution < -0.4 is 11.1 Å². The van der Waals surface area contributed by atoms with E-state index in [1.165, 1.54) is 18.9 Å². The van der Waals surface area contributed by atoms with Gasteiger partial charge in [0.25, 0.3) is 11.8 Å². The number of furan rings is 1. The predicted octanol–water partition coefficient (Wildman–Crippen LogP) is 1.64. The molecule has 2 amide bonds. The molecule has 7 heteroatoms. The average Bonchev–Trinajstić information content (AvgIpc) is 3.42. The molecule has 4 rings (SSSR count). The van der Waals surface area contributed by atoms with E-state index >= 15 is 0 Å². The first kappa shape index (κ1) is 17.8. The molecule has 3 heterocycles. The van der Waals surface area contributed by atoms with Crippen LogP contribution in [0.5, 0.6) is 0 Å². The number of carbonyl (C=O) groups is 2. The zero-order valence-electron chi connectivity index (χ0n) is 15.0. The Kier molecular flexibility index (Phi) is 4.96. The SMILES string of the molecule is NC(=O)c1ccc(-c2cccc(C(=O)N[C@H]3COC[C@@H]3N3CCCC3)c2)o1. The third kappa shape index (κ3) is 3.74. The third-order valence-electron chi connectivity index (χ3n) is 5.23. The van der Waals surface area contributed by atoms with Gasteiger partial charge in [-0.1, -0.05) is 12.1 Å². The lowest BCUT2D eigenvalue weighted by atomic mass is 10.1. The molecule has 0 saturated carbocycles. The molecule has 2 saturated heterocycles. The van der Waals surface area contributed by atoms with E-state index in [4.69, 9.17) is 14.9 Å². The first-order valence-corrected chi connectivity index (χ1v) is 9.24. The Morgan fingerprint density at radius 3 is 2.67 bits per heavy atom. The molecule has 2 aliphatic rings. The number of nitrogens with two attached hydrogens (primary N) is 1. The highest BCUT2D eigenvalue weighted by atomic mass is 16.5. The zero-order valence-corrected chi connectivity index (χ0v) is 15.0. The maximum Gasteiger partial charge on any atom is 0.284 e. The number of hydrogen-bond donors (Lipinski definition) is 2. The maximum atomic E-state index is 12.8. The van der Waals surface area contributed by atoms with Crippen molar-refractivity contribution >= 4 is 11.8 Å². The summed E-state index contributed by atoms with van der Waals surface area (Å²) in [6, 6.07) is 10.6. The number of likely N-dealkylation sites (tertiary alicyclic amines) is 1. The predicted molar refractivity (Wildman–Crippen MR) is 99.3 cm³/mol. The van der Waals surface area contributed by atoms with Gasteiger partial charge >= 0.3 is 0 Å². The molecule has 142 valence electrons. The Labute approximate surface area is 157 Å². The van der Waals surface area contributed by atoms with Crippen LogP contribution in [0.3, 0.4) is 0 Å². The van der Waals surface area contributed by atoms with Crippen LogP contribution in [-0.2, 0) is 4.74 Å². The molecule has 0 unspecified atom stereocenters. The standard InChI is InChI=1S/C20H23N3O4/c21-19(24)18-7-6-17(27-18)13-4-3-5-14(10-13)20(25)22-15-11-26-12-16(15)23-8-1-2-9-23/h3-7,10,15-16H,1-2,8-9,11-12H2,(H2,21,24)(H,22,25)/t15-,16-/m0/s1. The Hall–Kier alpha value is -2.64. The fourth-order valence-electron chi connectivity index (χ4n) is 3.80. The molecule has 2 aliphatic heterocycles. The molecule has 1 aromatic heterocycles. The fraction of sp³-hybridized carbons (Fsp3) is 0.400. The molecular formula is C20H23N3O4. The second kappa shape index (κ2) is 7.54. The molecule has 0 spiro atoms. The fourth-order valence-corrected chi connectivity index (χ4v) is 3.80. The highest BCUT2D eigenvalue weighted by Crippen LogP contribution is 2.24. The molecule has 2 fully saturated rings. The van der Waals surface area contributed by atoms with E-state index in [1.54, 1.807) is 24.3 Å². The Bertz CT molecular complexity index is 841. The second-order valence-corrected chi connectivity index (χ2v) is 7.04. The third-order valence-corrected chi connectivity index (χ3v) is 5.23. The Morgan fingerprint density at radius 1 is 1.11 bits per heavy atom. The Morgan fingerprint density at radius 2 is 1.93 bits per heavy atom. The van der Waals surface area contributed by atoms with Gasteiger partial charge in [0.2, 0.25) is 0 Å². The molecule has 7 nitrogen and oxygen atoms in total. The summed E-state index contributed by atoms with van der Waals surface area (Å²) in [5.41, 5.74) is 6.48. The second-order valence-electron chi connectivity index (χ2n) is 7.04. The summed E-state index contributed by atoms with van der Waals surface area (Å²) in [4.78, 5) is 26.4. The maximum absolute atomic E-state index is 12.8. The van der Waals surface area contributed by atoms with E-state index in [0.717, 1.165) is 13.1 Å². The first-order valence-electron chi connectivity index (χ1n) is 9.24. The van der Waals surface area contributed by atoms with E-state index in [1.807, 2.05) is 6.07 Å². The summed E-state index contributed by atoms with van der Waals surface area (Å²) in [5, 5.41) is 3.11. The zero-order chi connectivity index (χ0) is 18.8. The number of amides is 2. The number of primary amides is 1. The van der Waals surface area contributed by atoms with Crippen LogP contribution in [0.2, 0.25) is 0 Å². The van der Waals surface area contributed by atoms with Gasteiger partial charge in [-0.2, -0.15) is 0 Å². The number of hydrogen-bond acceptors (Lipinski definition) is 5. The van der Waals surface area contributed by atoms with Crippen LogP contribution in [0.15, 0.2) is 40.8 Å². The van der Waals surface area contributed by atoms with Gasteiger partial charge in [0.1, 0.15) is 5.76 Å². The van der Waals surface area contributed by atoms with Gasteiger partial charge in [-0.3, -0.25) is 14.5 Å². The highest BCUT2D eigenvalue weighted by molar-refractivity contribution is 5.95. The molecule has 0 aliphatic carbocycles. The summed E-state index contributed by atoms with van der Waals surface area (Å²) in [7, 11) is 0. The van der Waals surface area contributed by atoms with Crippen molar-refractivity contribution in [2.45, 2.75) is 24.9 Å². The van der Waals surface area contributed by atoms with E-state index < -0.39 is 5.91 Å². The molecule has 0 radical (unpaired) electrons. The number of rotatable bonds is 5. The van der Waals surface area contributed by atoms with Gasteiger partial charge in [0, 0.05) is 11.1 Å². The van der Waals surface area contributed by atoms with Crippen LogP contribution in [0.4, 0.5) is 0 Å². The van der Waals surface area contributed by atoms with Crippen LogP contribution in [0.25, 0.3) is 11.3 Å². The molecule has 27 heavy (non-hydrogen) atoms. The molecule has 0 bridgehead atoms. The lowest BCUT2D eigenvalue weighted by Gasteiger charge is -2.27. The molecule has 2 aromatic rings. The van der Waals surface area contributed by atoms with Crippen molar-refractivity contribution in [3.05, 3.63) is 47.7 Å². The molecule has 3 N–H and O–H groups in total. The summed E-state index contributed by atoms with van der Waals surface area (Å²) in [5.74, 6) is -0.170. The van der Waals surface area contributed by atoms with Crippen molar-refractivity contribution in [1.82, 2.24) is 10.2 Å². The van der Waals surface area contributed by atoms with E-state index in [0.29, 0.717) is 30.1 Å². The van der Waals surface area contributed by atoms with Gasteiger partial charge in [0.15, 0.2) is 5.76 Å². The van der Waals surface area contributed by atoms with Gasteiger partial charge in [-0.05, 0) is 50.2 Å². The van der Waals surface area contributed by atoms with E-state index in [-0.39, 0.29) is 23.8 Å². The minimum atomic E-state index is -0.621. The lowest BCUT2D eigenvalue weighted by Crippen LogP contribution is -2.50.